The molecule has 0 saturated carbocycles. The molecule has 114 valence electrons. The van der Waals surface area contributed by atoms with Crippen molar-refractivity contribution in [3.63, 3.8) is 0 Å². The van der Waals surface area contributed by atoms with E-state index in [9.17, 15) is 4.79 Å². The number of H-pyrrole nitrogens is 1. The van der Waals surface area contributed by atoms with Gasteiger partial charge in [0.15, 0.2) is 0 Å². The fraction of sp³-hybridized carbons (Fsp3) is 0.294. The summed E-state index contributed by atoms with van der Waals surface area (Å²) in [7, 11) is 0. The van der Waals surface area contributed by atoms with Gasteiger partial charge in [-0.25, -0.2) is 4.98 Å². The van der Waals surface area contributed by atoms with Crippen LogP contribution in [0.4, 0.5) is 0 Å². The van der Waals surface area contributed by atoms with Crippen LogP contribution in [0.15, 0.2) is 36.8 Å². The molecule has 5 nitrogen and oxygen atoms in total. The van der Waals surface area contributed by atoms with Gasteiger partial charge < -0.3 is 9.72 Å². The van der Waals surface area contributed by atoms with E-state index >= 15 is 0 Å². The van der Waals surface area contributed by atoms with Crippen LogP contribution >= 0.6 is 0 Å². The molecule has 1 aromatic carbocycles. The molecule has 2 rings (SSSR count). The van der Waals surface area contributed by atoms with E-state index < -0.39 is 6.04 Å². The molecule has 1 heterocycles. The van der Waals surface area contributed by atoms with Gasteiger partial charge in [0.2, 0.25) is 0 Å². The standard InChI is InChI=1S/C17H19N3O2/c1-3-13-5-7-14(8-6-13)10-19-16(17(21)22-4-2)9-15-11-18-12-20-15/h1,5-8,11-12,16,19H,4,9-10H2,2H3,(H,18,20)/t16-/m1/s1. The molecule has 1 aromatic heterocycles. The number of nitrogens with zero attached hydrogens (tertiary/aromatic N) is 1. The number of hydrogen-bond acceptors (Lipinski definition) is 4. The Morgan fingerprint density at radius 1 is 1.45 bits per heavy atom. The number of ether oxygens (including phenoxy) is 1. The average Bonchev–Trinajstić information content (AvgIpc) is 3.05. The highest BCUT2D eigenvalue weighted by atomic mass is 16.5. The first-order valence-corrected chi connectivity index (χ1v) is 7.15. The van der Waals surface area contributed by atoms with Crippen LogP contribution in [0.3, 0.4) is 0 Å². The Morgan fingerprint density at radius 3 is 2.82 bits per heavy atom. The molecule has 0 amide bonds. The van der Waals surface area contributed by atoms with Crippen LogP contribution < -0.4 is 5.32 Å². The summed E-state index contributed by atoms with van der Waals surface area (Å²) in [5.74, 6) is 2.31. The molecule has 0 aliphatic rings. The van der Waals surface area contributed by atoms with Crippen LogP contribution in [0, 0.1) is 12.3 Å². The molecule has 5 heteroatoms. The normalized spacial score (nSPS) is 11.6. The highest BCUT2D eigenvalue weighted by Crippen LogP contribution is 2.06. The maximum Gasteiger partial charge on any atom is 0.323 e. The Bertz CT molecular complexity index is 627. The lowest BCUT2D eigenvalue weighted by Gasteiger charge is -2.16. The van der Waals surface area contributed by atoms with Gasteiger partial charge in [-0.1, -0.05) is 18.1 Å². The highest BCUT2D eigenvalue weighted by molar-refractivity contribution is 5.76. The summed E-state index contributed by atoms with van der Waals surface area (Å²) in [5.41, 5.74) is 2.77. The number of nitrogens with one attached hydrogen (secondary N) is 2. The summed E-state index contributed by atoms with van der Waals surface area (Å²) in [4.78, 5) is 19.0. The number of imidazole rings is 1. The minimum Gasteiger partial charge on any atom is -0.465 e. The third-order valence-electron chi connectivity index (χ3n) is 3.22. The number of benzene rings is 1. The molecule has 22 heavy (non-hydrogen) atoms. The molecule has 0 unspecified atom stereocenters. The number of rotatable bonds is 7. The Morgan fingerprint density at radius 2 is 2.23 bits per heavy atom. The molecule has 2 N–H and O–H groups in total. The number of aromatic amines is 1. The van der Waals surface area contributed by atoms with Crippen molar-refractivity contribution >= 4 is 5.97 Å². The summed E-state index contributed by atoms with van der Waals surface area (Å²) in [6, 6.07) is 7.23. The summed E-state index contributed by atoms with van der Waals surface area (Å²) in [6.45, 7) is 2.71. The van der Waals surface area contributed by atoms with Gasteiger partial charge in [-0.05, 0) is 24.6 Å². The molecule has 0 bridgehead atoms. The third-order valence-corrected chi connectivity index (χ3v) is 3.22. The summed E-state index contributed by atoms with van der Waals surface area (Å²) >= 11 is 0. The van der Waals surface area contributed by atoms with Crippen molar-refractivity contribution in [3.05, 3.63) is 53.6 Å². The van der Waals surface area contributed by atoms with E-state index in [1.807, 2.05) is 24.3 Å². The summed E-state index contributed by atoms with van der Waals surface area (Å²) in [5, 5.41) is 3.22. The van der Waals surface area contributed by atoms with E-state index in [4.69, 9.17) is 11.2 Å². The van der Waals surface area contributed by atoms with Crippen molar-refractivity contribution in [2.75, 3.05) is 6.61 Å². The number of terminal acetylenes is 1. The molecule has 0 aliphatic heterocycles. The van der Waals surface area contributed by atoms with Crippen LogP contribution in [-0.2, 0) is 22.5 Å². The van der Waals surface area contributed by atoms with Gasteiger partial charge in [0.05, 0.1) is 12.9 Å². The second kappa shape index (κ2) is 8.01. The van der Waals surface area contributed by atoms with Crippen LogP contribution in [0.1, 0.15) is 23.7 Å². The summed E-state index contributed by atoms with van der Waals surface area (Å²) in [6.07, 6.45) is 9.13. The van der Waals surface area contributed by atoms with Gasteiger partial charge in [0.25, 0.3) is 0 Å². The second-order valence-electron chi connectivity index (χ2n) is 4.81. The first kappa shape index (κ1) is 15.8. The molecule has 0 aliphatic carbocycles. The predicted octanol–water partition coefficient (Wildman–Crippen LogP) is 1.65. The van der Waals surface area contributed by atoms with Crippen molar-refractivity contribution in [2.45, 2.75) is 25.9 Å². The first-order chi connectivity index (χ1) is 10.7. The zero-order chi connectivity index (χ0) is 15.8. The zero-order valence-corrected chi connectivity index (χ0v) is 12.5. The van der Waals surface area contributed by atoms with Crippen molar-refractivity contribution in [1.29, 1.82) is 0 Å². The summed E-state index contributed by atoms with van der Waals surface area (Å²) < 4.78 is 5.12. The highest BCUT2D eigenvalue weighted by Gasteiger charge is 2.20. The van der Waals surface area contributed by atoms with E-state index in [1.54, 1.807) is 19.4 Å². The smallest absolute Gasteiger partial charge is 0.323 e. The number of carbonyl (C=O) groups excluding carboxylic acids is 1. The van der Waals surface area contributed by atoms with Crippen molar-refractivity contribution in [2.24, 2.45) is 0 Å². The largest absolute Gasteiger partial charge is 0.465 e. The molecular weight excluding hydrogens is 278 g/mol. The van der Waals surface area contributed by atoms with Crippen LogP contribution in [0.25, 0.3) is 0 Å². The zero-order valence-electron chi connectivity index (χ0n) is 12.5. The fourth-order valence-corrected chi connectivity index (χ4v) is 2.06. The predicted molar refractivity (Wildman–Crippen MR) is 83.9 cm³/mol. The number of hydrogen-bond donors (Lipinski definition) is 2. The number of esters is 1. The molecule has 0 fully saturated rings. The van der Waals surface area contributed by atoms with Crippen molar-refractivity contribution < 1.29 is 9.53 Å². The van der Waals surface area contributed by atoms with Crippen LogP contribution in [0.5, 0.6) is 0 Å². The molecule has 2 aromatic rings. The maximum atomic E-state index is 12.0. The topological polar surface area (TPSA) is 67.0 Å². The van der Waals surface area contributed by atoms with Gasteiger partial charge in [0, 0.05) is 30.4 Å². The third kappa shape index (κ3) is 4.47. The van der Waals surface area contributed by atoms with Gasteiger partial charge in [-0.2, -0.15) is 0 Å². The molecule has 0 radical (unpaired) electrons. The Kier molecular flexibility index (Phi) is 5.75. The molecule has 0 spiro atoms. The maximum absolute atomic E-state index is 12.0. The minimum atomic E-state index is -0.423. The lowest BCUT2D eigenvalue weighted by atomic mass is 10.1. The molecular formula is C17H19N3O2. The fourth-order valence-electron chi connectivity index (χ4n) is 2.06. The first-order valence-electron chi connectivity index (χ1n) is 7.15. The Labute approximate surface area is 130 Å². The van der Waals surface area contributed by atoms with Crippen LogP contribution in [-0.4, -0.2) is 28.6 Å². The second-order valence-corrected chi connectivity index (χ2v) is 4.81. The minimum absolute atomic E-state index is 0.266. The van der Waals surface area contributed by atoms with Gasteiger partial charge in [-0.15, -0.1) is 6.42 Å². The lowest BCUT2D eigenvalue weighted by Crippen LogP contribution is -2.39. The van der Waals surface area contributed by atoms with Crippen molar-refractivity contribution in [3.8, 4) is 12.3 Å². The average molecular weight is 297 g/mol. The SMILES string of the molecule is C#Cc1ccc(CN[C@H](Cc2cnc[nH]2)C(=O)OCC)cc1. The monoisotopic (exact) mass is 297 g/mol. The Balaban J connectivity index is 1.98. The van der Waals surface area contributed by atoms with E-state index in [2.05, 4.69) is 21.2 Å². The van der Waals surface area contributed by atoms with E-state index in [0.29, 0.717) is 19.6 Å². The van der Waals surface area contributed by atoms with Gasteiger partial charge >= 0.3 is 5.97 Å². The quantitative estimate of drug-likeness (QED) is 0.602. The van der Waals surface area contributed by atoms with E-state index in [1.165, 1.54) is 0 Å². The van der Waals surface area contributed by atoms with E-state index in [0.717, 1.165) is 16.8 Å². The van der Waals surface area contributed by atoms with E-state index in [-0.39, 0.29) is 5.97 Å². The number of aromatic nitrogens is 2. The lowest BCUT2D eigenvalue weighted by molar-refractivity contribution is -0.145. The van der Waals surface area contributed by atoms with Gasteiger partial charge in [0.1, 0.15) is 6.04 Å². The molecule has 1 atom stereocenters. The van der Waals surface area contributed by atoms with Crippen molar-refractivity contribution in [1.82, 2.24) is 15.3 Å². The van der Waals surface area contributed by atoms with Gasteiger partial charge in [-0.3, -0.25) is 10.1 Å². The molecule has 0 saturated heterocycles. The van der Waals surface area contributed by atoms with Crippen LogP contribution in [0.2, 0.25) is 0 Å². The Hall–Kier alpha value is -2.58. The number of carbonyl (C=O) groups is 1.